The Kier molecular flexibility index (Phi) is 4.27. The van der Waals surface area contributed by atoms with Crippen LogP contribution in [0.5, 0.6) is 0 Å². The maximum absolute atomic E-state index is 14.7. The second-order valence-electron chi connectivity index (χ2n) is 17.4. The third-order valence-corrected chi connectivity index (χ3v) is 14.5. The van der Waals surface area contributed by atoms with Gasteiger partial charge in [0.15, 0.2) is 0 Å². The second-order valence-corrected chi connectivity index (χ2v) is 17.4. The van der Waals surface area contributed by atoms with Crippen LogP contribution in [0.15, 0.2) is 0 Å². The average Bonchev–Trinajstić information content (AvgIpc) is 3.60. The third kappa shape index (κ3) is 3.02. The molecule has 0 unspecified atom stereocenters. The fourth-order valence-electron chi connectivity index (χ4n) is 14.4. The minimum atomic E-state index is -0.342. The van der Waals surface area contributed by atoms with Crippen molar-refractivity contribution in [2.24, 2.45) is 69.5 Å². The van der Waals surface area contributed by atoms with Gasteiger partial charge in [-0.2, -0.15) is 0 Å². The van der Waals surface area contributed by atoms with Crippen molar-refractivity contribution < 1.29 is 14.4 Å². The molecule has 6 nitrogen and oxygen atoms in total. The molecule has 0 radical (unpaired) electrons. The normalized spacial score (nSPS) is 53.7. The van der Waals surface area contributed by atoms with E-state index in [0.717, 1.165) is 57.8 Å². The van der Waals surface area contributed by atoms with Gasteiger partial charge >= 0.3 is 0 Å². The van der Waals surface area contributed by atoms with E-state index in [0.29, 0.717) is 53.3 Å². The molecule has 0 N–H and O–H groups in total. The summed E-state index contributed by atoms with van der Waals surface area (Å²) in [5.74, 6) is 6.33. The van der Waals surface area contributed by atoms with E-state index in [1.165, 1.54) is 57.8 Å². The van der Waals surface area contributed by atoms with Crippen molar-refractivity contribution >= 4 is 17.7 Å². The molecular formula is C33H45N3O3. The third-order valence-electron chi connectivity index (χ3n) is 14.5. The predicted molar refractivity (Wildman–Crippen MR) is 144 cm³/mol. The van der Waals surface area contributed by atoms with Gasteiger partial charge in [0.2, 0.25) is 0 Å². The van der Waals surface area contributed by atoms with Crippen LogP contribution in [0.25, 0.3) is 0 Å². The Morgan fingerprint density at radius 3 is 0.641 bits per heavy atom. The van der Waals surface area contributed by atoms with Crippen LogP contribution in [0, 0.1) is 69.5 Å². The first-order valence-electron chi connectivity index (χ1n) is 16.8. The van der Waals surface area contributed by atoms with E-state index >= 15 is 0 Å². The zero-order valence-electron chi connectivity index (χ0n) is 23.5. The highest BCUT2D eigenvalue weighted by Crippen LogP contribution is 2.64. The highest BCUT2D eigenvalue weighted by Gasteiger charge is 2.63. The van der Waals surface area contributed by atoms with Gasteiger partial charge in [-0.05, 0) is 169 Å². The molecule has 0 spiro atoms. The monoisotopic (exact) mass is 531 g/mol. The van der Waals surface area contributed by atoms with Gasteiger partial charge in [-0.25, -0.2) is 0 Å². The van der Waals surface area contributed by atoms with Crippen LogP contribution < -0.4 is 0 Å². The molecule has 1 aromatic rings. The molecule has 6 heteroatoms. The van der Waals surface area contributed by atoms with E-state index in [1.807, 2.05) is 0 Å². The van der Waals surface area contributed by atoms with Crippen molar-refractivity contribution in [1.82, 2.24) is 14.4 Å². The first-order valence-corrected chi connectivity index (χ1v) is 16.8. The lowest BCUT2D eigenvalue weighted by molar-refractivity contribution is -0.0437. The van der Waals surface area contributed by atoms with Crippen LogP contribution in [0.1, 0.15) is 130 Å². The molecule has 0 saturated heterocycles. The molecule has 12 fully saturated rings. The first kappa shape index (κ1) is 23.0. The fraction of sp³-hybridized carbons (Fsp3) is 0.909. The lowest BCUT2D eigenvalue weighted by Crippen LogP contribution is -2.52. The van der Waals surface area contributed by atoms with Gasteiger partial charge in [0.05, 0.1) is 16.2 Å². The SMILES string of the molecule is O=C(n1n(C(=O)C23CC4CC(CC(C4)C2)C3)n1C(=O)C12CC3CC(CC(C3)C1)C2)C12CC3CC(CC(C3)C1)C2. The quantitative estimate of drug-likeness (QED) is 0.438. The van der Waals surface area contributed by atoms with Gasteiger partial charge in [-0.3, -0.25) is 14.4 Å². The van der Waals surface area contributed by atoms with Crippen LogP contribution in [-0.4, -0.2) is 32.1 Å². The molecule has 0 atom stereocenters. The van der Waals surface area contributed by atoms with Crippen molar-refractivity contribution in [3.63, 3.8) is 0 Å². The minimum Gasteiger partial charge on any atom is -0.270 e. The number of nitrogens with zero attached hydrogens (tertiary/aromatic N) is 3. The fourth-order valence-corrected chi connectivity index (χ4v) is 14.4. The lowest BCUT2D eigenvalue weighted by atomic mass is 9.49. The Morgan fingerprint density at radius 2 is 0.487 bits per heavy atom. The van der Waals surface area contributed by atoms with E-state index < -0.39 is 0 Å². The van der Waals surface area contributed by atoms with Crippen molar-refractivity contribution in [2.45, 2.75) is 116 Å². The molecule has 0 aromatic carbocycles. The summed E-state index contributed by atoms with van der Waals surface area (Å²) in [6, 6.07) is 0. The zero-order valence-corrected chi connectivity index (χ0v) is 23.5. The second kappa shape index (κ2) is 7.24. The van der Waals surface area contributed by atoms with Crippen LogP contribution in [0.3, 0.4) is 0 Å². The molecule has 12 saturated carbocycles. The summed E-state index contributed by atoms with van der Waals surface area (Å²) >= 11 is 0. The molecule has 1 heterocycles. The molecular weight excluding hydrogens is 486 g/mol. The Hall–Kier alpha value is -1.59. The van der Waals surface area contributed by atoms with Gasteiger partial charge in [0.1, 0.15) is 0 Å². The summed E-state index contributed by atoms with van der Waals surface area (Å²) in [6.07, 6.45) is 20.4. The molecule has 12 aliphatic rings. The van der Waals surface area contributed by atoms with Gasteiger partial charge in [0, 0.05) is 0 Å². The Balaban J connectivity index is 1.05. The van der Waals surface area contributed by atoms with Gasteiger partial charge in [-0.15, -0.1) is 14.4 Å². The van der Waals surface area contributed by atoms with Crippen LogP contribution in [0.2, 0.25) is 0 Å². The number of carbonyl (C=O) groups excluding carboxylic acids is 3. The van der Waals surface area contributed by atoms with E-state index in [4.69, 9.17) is 0 Å². The Morgan fingerprint density at radius 1 is 0.333 bits per heavy atom. The maximum Gasteiger partial charge on any atom is 0.270 e. The number of hydrogen-bond acceptors (Lipinski definition) is 3. The minimum absolute atomic E-state index is 0.109. The Bertz CT molecular complexity index is 1020. The number of carbonyl (C=O) groups is 3. The standard InChI is InChI=1S/C33H45N3O3/c37-28(31-10-19-1-20(11-31)3-21(2-19)12-31)34-35(29(38)32-13-22-4-23(14-32)6-24(5-22)15-32)36(34)30(39)33-16-25-7-26(17-33)9-27(8-25)18-33/h19-27H,1-18H2. The van der Waals surface area contributed by atoms with Crippen molar-refractivity contribution in [1.29, 1.82) is 0 Å². The van der Waals surface area contributed by atoms with E-state index in [9.17, 15) is 14.4 Å². The molecule has 12 aliphatic carbocycles. The highest BCUT2D eigenvalue weighted by molar-refractivity contribution is 5.97. The largest absolute Gasteiger partial charge is 0.270 e. The smallest absolute Gasteiger partial charge is 0.270 e. The van der Waals surface area contributed by atoms with Gasteiger partial charge < -0.3 is 0 Å². The molecule has 1 aromatic heterocycles. The summed E-state index contributed by atoms with van der Waals surface area (Å²) in [7, 11) is 0. The van der Waals surface area contributed by atoms with Crippen LogP contribution in [0.4, 0.5) is 0 Å². The number of rotatable bonds is 3. The molecule has 0 amide bonds. The average molecular weight is 532 g/mol. The van der Waals surface area contributed by atoms with Crippen LogP contribution in [-0.2, 0) is 0 Å². The molecule has 39 heavy (non-hydrogen) atoms. The number of hydrogen-bond donors (Lipinski definition) is 0. The van der Waals surface area contributed by atoms with Crippen molar-refractivity contribution in [3.05, 3.63) is 0 Å². The maximum atomic E-state index is 14.7. The molecule has 13 rings (SSSR count). The van der Waals surface area contributed by atoms with E-state index in [2.05, 4.69) is 0 Å². The van der Waals surface area contributed by atoms with Crippen molar-refractivity contribution in [3.8, 4) is 0 Å². The molecule has 210 valence electrons. The van der Waals surface area contributed by atoms with Crippen molar-refractivity contribution in [2.75, 3.05) is 0 Å². The zero-order chi connectivity index (χ0) is 25.9. The molecule has 0 aliphatic heterocycles. The summed E-state index contributed by atoms with van der Waals surface area (Å²) in [4.78, 5) is 49.0. The van der Waals surface area contributed by atoms with E-state index in [1.54, 1.807) is 14.4 Å². The summed E-state index contributed by atoms with van der Waals surface area (Å²) < 4.78 is 0. The summed E-state index contributed by atoms with van der Waals surface area (Å²) in [5, 5.41) is 0. The van der Waals surface area contributed by atoms with Gasteiger partial charge in [0.25, 0.3) is 17.7 Å². The summed E-state index contributed by atoms with van der Waals surface area (Å²) in [6.45, 7) is 0. The Labute approximate surface area is 231 Å². The topological polar surface area (TPSA) is 66.0 Å². The van der Waals surface area contributed by atoms with E-state index in [-0.39, 0.29) is 34.0 Å². The summed E-state index contributed by atoms with van der Waals surface area (Å²) in [5.41, 5.74) is -1.03. The van der Waals surface area contributed by atoms with Gasteiger partial charge in [-0.1, -0.05) is 0 Å². The molecule has 12 bridgehead atoms. The predicted octanol–water partition coefficient (Wildman–Crippen LogP) is 6.66. The lowest BCUT2D eigenvalue weighted by Gasteiger charge is -2.55. The first-order chi connectivity index (χ1) is 18.8. The van der Waals surface area contributed by atoms with Crippen LogP contribution >= 0.6 is 0 Å². The number of aromatic nitrogens is 3. The highest BCUT2D eigenvalue weighted by atomic mass is 16.2.